The van der Waals surface area contributed by atoms with Crippen LogP contribution in [0.1, 0.15) is 31.4 Å². The zero-order valence-electron chi connectivity index (χ0n) is 16.8. The first-order chi connectivity index (χ1) is 14.2. The summed E-state index contributed by atoms with van der Waals surface area (Å²) in [7, 11) is 0. The van der Waals surface area contributed by atoms with Crippen molar-refractivity contribution < 1.29 is 13.9 Å². The highest BCUT2D eigenvalue weighted by Gasteiger charge is 2.23. The molecule has 1 aromatic carbocycles. The second kappa shape index (κ2) is 9.79. The summed E-state index contributed by atoms with van der Waals surface area (Å²) >= 11 is 5.97. The number of hydrogen-bond acceptors (Lipinski definition) is 4. The zero-order chi connectivity index (χ0) is 20.1. The van der Waals surface area contributed by atoms with Crippen LogP contribution in [0, 0.1) is 5.92 Å². The van der Waals surface area contributed by atoms with Gasteiger partial charge in [0.25, 0.3) is 0 Å². The maximum absolute atomic E-state index is 12.4. The number of furan rings is 1. The van der Waals surface area contributed by atoms with Gasteiger partial charge >= 0.3 is 0 Å². The van der Waals surface area contributed by atoms with E-state index in [-0.39, 0.29) is 5.91 Å². The molecule has 156 valence electrons. The number of halogens is 1. The van der Waals surface area contributed by atoms with Gasteiger partial charge in [-0.25, -0.2) is 0 Å². The predicted molar refractivity (Wildman–Crippen MR) is 114 cm³/mol. The van der Waals surface area contributed by atoms with Crippen LogP contribution in [-0.2, 0) is 16.1 Å². The van der Waals surface area contributed by atoms with E-state index in [1.165, 1.54) is 12.8 Å². The van der Waals surface area contributed by atoms with Crippen molar-refractivity contribution >= 4 is 17.5 Å². The minimum Gasteiger partial charge on any atom is -0.460 e. The number of likely N-dealkylation sites (tertiary alicyclic amines) is 1. The van der Waals surface area contributed by atoms with Crippen LogP contribution in [0.4, 0.5) is 0 Å². The molecule has 4 rings (SSSR count). The summed E-state index contributed by atoms with van der Waals surface area (Å²) < 4.78 is 11.4. The number of piperidine rings is 1. The fourth-order valence-corrected chi connectivity index (χ4v) is 4.41. The third-order valence-corrected chi connectivity index (χ3v) is 6.16. The number of morpholine rings is 1. The van der Waals surface area contributed by atoms with Crippen LogP contribution in [0.25, 0.3) is 11.3 Å². The summed E-state index contributed by atoms with van der Waals surface area (Å²) in [6, 6.07) is 11.8. The van der Waals surface area contributed by atoms with Gasteiger partial charge in [0.2, 0.25) is 5.91 Å². The van der Waals surface area contributed by atoms with Crippen LogP contribution in [0.15, 0.2) is 40.8 Å². The molecule has 0 N–H and O–H groups in total. The average molecular weight is 417 g/mol. The summed E-state index contributed by atoms with van der Waals surface area (Å²) in [5.41, 5.74) is 1.04. The van der Waals surface area contributed by atoms with Gasteiger partial charge in [-0.15, -0.1) is 0 Å². The minimum absolute atomic E-state index is 0.282. The number of rotatable bonds is 6. The molecule has 0 spiro atoms. The molecular formula is C23H29ClN2O3. The van der Waals surface area contributed by atoms with E-state index in [9.17, 15) is 4.79 Å². The third kappa shape index (κ3) is 5.62. The number of amides is 1. The number of nitrogens with zero attached hydrogens (tertiary/aromatic N) is 2. The molecule has 0 saturated carbocycles. The lowest BCUT2D eigenvalue weighted by Gasteiger charge is -2.33. The van der Waals surface area contributed by atoms with E-state index < -0.39 is 0 Å². The standard InChI is InChI=1S/C23H29ClN2O3/c24-20-6-4-19(5-7-20)22-9-8-21(29-22)17-25-11-1-2-18(16-25)3-10-23(27)26-12-14-28-15-13-26/h4-9,18H,1-3,10-17H2/t18-/m0/s1. The van der Waals surface area contributed by atoms with Crippen LogP contribution in [0.5, 0.6) is 0 Å². The Kier molecular flexibility index (Phi) is 6.90. The summed E-state index contributed by atoms with van der Waals surface area (Å²) in [6.45, 7) is 5.77. The number of ether oxygens (including phenoxy) is 1. The van der Waals surface area contributed by atoms with Crippen molar-refractivity contribution in [1.82, 2.24) is 9.80 Å². The average Bonchev–Trinajstić information content (AvgIpc) is 3.22. The topological polar surface area (TPSA) is 45.9 Å². The number of hydrogen-bond donors (Lipinski definition) is 0. The van der Waals surface area contributed by atoms with Crippen molar-refractivity contribution in [3.63, 3.8) is 0 Å². The Labute approximate surface area is 177 Å². The molecule has 2 aliphatic heterocycles. The summed E-state index contributed by atoms with van der Waals surface area (Å²) in [6.07, 6.45) is 4.02. The second-order valence-electron chi connectivity index (χ2n) is 8.05. The number of carbonyl (C=O) groups is 1. The van der Waals surface area contributed by atoms with Gasteiger partial charge in [-0.05, 0) is 68.1 Å². The molecule has 6 heteroatoms. The number of benzene rings is 1. The van der Waals surface area contributed by atoms with Gasteiger partial charge in [-0.3, -0.25) is 9.69 Å². The van der Waals surface area contributed by atoms with Crippen LogP contribution < -0.4 is 0 Å². The normalized spacial score (nSPS) is 20.7. The molecule has 2 fully saturated rings. The van der Waals surface area contributed by atoms with E-state index in [0.29, 0.717) is 25.6 Å². The molecule has 5 nitrogen and oxygen atoms in total. The molecule has 1 atom stereocenters. The lowest BCUT2D eigenvalue weighted by molar-refractivity contribution is -0.135. The first-order valence-electron chi connectivity index (χ1n) is 10.6. The Morgan fingerprint density at radius 1 is 1.07 bits per heavy atom. The second-order valence-corrected chi connectivity index (χ2v) is 8.48. The van der Waals surface area contributed by atoms with Crippen molar-refractivity contribution in [3.05, 3.63) is 47.2 Å². The Hall–Kier alpha value is -1.82. The molecule has 2 saturated heterocycles. The molecule has 0 radical (unpaired) electrons. The first kappa shape index (κ1) is 20.5. The lowest BCUT2D eigenvalue weighted by atomic mass is 9.93. The smallest absolute Gasteiger partial charge is 0.222 e. The van der Waals surface area contributed by atoms with Crippen LogP contribution in [0.3, 0.4) is 0 Å². The van der Waals surface area contributed by atoms with Crippen molar-refractivity contribution in [2.75, 3.05) is 39.4 Å². The molecule has 0 bridgehead atoms. The van der Waals surface area contributed by atoms with Crippen molar-refractivity contribution in [1.29, 1.82) is 0 Å². The third-order valence-electron chi connectivity index (χ3n) is 5.90. The van der Waals surface area contributed by atoms with E-state index in [0.717, 1.165) is 61.3 Å². The minimum atomic E-state index is 0.282. The predicted octanol–water partition coefficient (Wildman–Crippen LogP) is 4.45. The lowest BCUT2D eigenvalue weighted by Crippen LogP contribution is -2.41. The van der Waals surface area contributed by atoms with Crippen LogP contribution in [0.2, 0.25) is 5.02 Å². The van der Waals surface area contributed by atoms with Gasteiger partial charge < -0.3 is 14.1 Å². The first-order valence-corrected chi connectivity index (χ1v) is 11.0. The van der Waals surface area contributed by atoms with Crippen molar-refractivity contribution in [2.24, 2.45) is 5.92 Å². The van der Waals surface area contributed by atoms with Crippen LogP contribution in [-0.4, -0.2) is 55.1 Å². The quantitative estimate of drug-likeness (QED) is 0.697. The van der Waals surface area contributed by atoms with Crippen molar-refractivity contribution in [2.45, 2.75) is 32.2 Å². The summed E-state index contributed by atoms with van der Waals surface area (Å²) in [5.74, 6) is 2.73. The molecular weight excluding hydrogens is 388 g/mol. The summed E-state index contributed by atoms with van der Waals surface area (Å²) in [4.78, 5) is 16.8. The van der Waals surface area contributed by atoms with Gasteiger partial charge in [-0.2, -0.15) is 0 Å². The maximum atomic E-state index is 12.4. The number of carbonyl (C=O) groups excluding carboxylic acids is 1. The highest BCUT2D eigenvalue weighted by Crippen LogP contribution is 2.27. The SMILES string of the molecule is O=C(CC[C@@H]1CCCN(Cc2ccc(-c3ccc(Cl)cc3)o2)C1)N1CCOCC1. The summed E-state index contributed by atoms with van der Waals surface area (Å²) in [5, 5.41) is 0.729. The Balaban J connectivity index is 1.26. The van der Waals surface area contributed by atoms with E-state index in [1.807, 2.05) is 35.2 Å². The molecule has 0 unspecified atom stereocenters. The molecule has 29 heavy (non-hydrogen) atoms. The molecule has 1 amide bonds. The molecule has 2 aliphatic rings. The fraction of sp³-hybridized carbons (Fsp3) is 0.522. The molecule has 3 heterocycles. The van der Waals surface area contributed by atoms with Gasteiger partial charge in [-0.1, -0.05) is 11.6 Å². The van der Waals surface area contributed by atoms with Gasteiger partial charge in [0.05, 0.1) is 19.8 Å². The molecule has 2 aromatic rings. The zero-order valence-corrected chi connectivity index (χ0v) is 17.6. The van der Waals surface area contributed by atoms with Gasteiger partial charge in [0, 0.05) is 36.6 Å². The maximum Gasteiger partial charge on any atom is 0.222 e. The molecule has 0 aliphatic carbocycles. The van der Waals surface area contributed by atoms with E-state index in [4.69, 9.17) is 20.8 Å². The highest BCUT2D eigenvalue weighted by molar-refractivity contribution is 6.30. The van der Waals surface area contributed by atoms with Gasteiger partial charge in [0.15, 0.2) is 0 Å². The molecule has 1 aromatic heterocycles. The monoisotopic (exact) mass is 416 g/mol. The van der Waals surface area contributed by atoms with E-state index in [1.54, 1.807) is 0 Å². The van der Waals surface area contributed by atoms with E-state index in [2.05, 4.69) is 11.0 Å². The van der Waals surface area contributed by atoms with E-state index >= 15 is 0 Å². The van der Waals surface area contributed by atoms with Gasteiger partial charge in [0.1, 0.15) is 11.5 Å². The Morgan fingerprint density at radius 3 is 2.66 bits per heavy atom. The largest absolute Gasteiger partial charge is 0.460 e. The Bertz CT molecular complexity index is 799. The Morgan fingerprint density at radius 2 is 1.86 bits per heavy atom. The highest BCUT2D eigenvalue weighted by atomic mass is 35.5. The van der Waals surface area contributed by atoms with Crippen LogP contribution >= 0.6 is 11.6 Å². The van der Waals surface area contributed by atoms with Crippen molar-refractivity contribution in [3.8, 4) is 11.3 Å². The fourth-order valence-electron chi connectivity index (χ4n) is 4.28.